The molecule has 10 heteroatoms. The molecule has 1 saturated heterocycles. The number of rotatable bonds is 65. The minimum atomic E-state index is -0.372. The van der Waals surface area contributed by atoms with Crippen LogP contribution < -0.4 is 0 Å². The highest BCUT2D eigenvalue weighted by Crippen LogP contribution is 2.24. The molecule has 0 spiro atoms. The van der Waals surface area contributed by atoms with E-state index in [2.05, 4.69) is 69.9 Å². The topological polar surface area (TPSA) is 101 Å². The van der Waals surface area contributed by atoms with Crippen molar-refractivity contribution in [1.29, 1.82) is 0 Å². The molecule has 86 heavy (non-hydrogen) atoms. The maximum Gasteiger partial charge on any atom is 0.129 e. The lowest BCUT2D eigenvalue weighted by Gasteiger charge is -2.49. The summed E-state index contributed by atoms with van der Waals surface area (Å²) in [5, 5.41) is 58.8. The number of aliphatic hydroxyl groups is 5. The first-order valence-electron chi connectivity index (χ1n) is 38.9. The third-order valence-electron chi connectivity index (χ3n) is 21.4. The second-order valence-corrected chi connectivity index (χ2v) is 31.2. The fourth-order valence-electron chi connectivity index (χ4n) is 14.6. The van der Waals surface area contributed by atoms with E-state index >= 15 is 0 Å². The fraction of sp³-hybridized carbons (Fsp3) is 1.00. The van der Waals surface area contributed by atoms with Crippen LogP contribution >= 0.6 is 0 Å². The van der Waals surface area contributed by atoms with Crippen LogP contribution in [0.5, 0.6) is 0 Å². The highest BCUT2D eigenvalue weighted by atomic mass is 16.3. The SMILES string of the molecule is CCCCCCCCCCCC(O)C[N+](C)(CC[N+]1(C)CC[N+](C)(CC[N+](C)(CC[N+](C)(CC(O)CCCCCCCCCC)CC(O)CCCCCCCCCC)CC(O)CCCCCCCCCC)CC1)CC(O)CCCCCCCCCC. The van der Waals surface area contributed by atoms with Gasteiger partial charge in [0.2, 0.25) is 0 Å². The molecular formula is C76H162N5O5+5. The lowest BCUT2D eigenvalue weighted by atomic mass is 10.0. The molecule has 0 aromatic carbocycles. The van der Waals surface area contributed by atoms with Crippen LogP contribution in [-0.4, -0.2) is 212 Å². The largest absolute Gasteiger partial charge is 0.387 e. The summed E-state index contributed by atoms with van der Waals surface area (Å²) in [5.41, 5.74) is 0. The Morgan fingerprint density at radius 3 is 0.628 bits per heavy atom. The van der Waals surface area contributed by atoms with E-state index < -0.39 is 0 Å². The summed E-state index contributed by atoms with van der Waals surface area (Å²) in [6.45, 7) is 25.5. The molecule has 0 amide bonds. The van der Waals surface area contributed by atoms with Crippen LogP contribution in [0, 0.1) is 0 Å². The molecule has 0 radical (unpaired) electrons. The molecule has 1 heterocycles. The summed E-state index contributed by atoms with van der Waals surface area (Å²) in [6, 6.07) is 0. The molecule has 0 aromatic rings. The van der Waals surface area contributed by atoms with Crippen molar-refractivity contribution in [3.63, 3.8) is 0 Å². The molecule has 0 saturated carbocycles. The van der Waals surface area contributed by atoms with Crippen LogP contribution in [0.3, 0.4) is 0 Å². The lowest BCUT2D eigenvalue weighted by molar-refractivity contribution is -1.04. The van der Waals surface area contributed by atoms with Gasteiger partial charge in [-0.25, -0.2) is 0 Å². The van der Waals surface area contributed by atoms with Crippen molar-refractivity contribution in [2.24, 2.45) is 0 Å². The van der Waals surface area contributed by atoms with Gasteiger partial charge >= 0.3 is 0 Å². The van der Waals surface area contributed by atoms with Crippen molar-refractivity contribution in [1.82, 2.24) is 0 Å². The monoisotopic (exact) mass is 1230 g/mol. The zero-order valence-electron chi connectivity index (χ0n) is 60.5. The Bertz CT molecular complexity index is 1440. The first-order valence-corrected chi connectivity index (χ1v) is 38.9. The average molecular weight is 1230 g/mol. The van der Waals surface area contributed by atoms with Gasteiger partial charge in [0.1, 0.15) is 129 Å². The number of hydrogen-bond donors (Lipinski definition) is 5. The molecule has 0 aromatic heterocycles. The van der Waals surface area contributed by atoms with E-state index in [9.17, 15) is 25.5 Å². The molecule has 5 N–H and O–H groups in total. The summed E-state index contributed by atoms with van der Waals surface area (Å²) < 4.78 is 4.36. The first-order chi connectivity index (χ1) is 41.3. The van der Waals surface area contributed by atoms with E-state index in [1.807, 2.05) is 0 Å². The molecule has 0 aliphatic carbocycles. The molecule has 1 aliphatic heterocycles. The van der Waals surface area contributed by atoms with Crippen molar-refractivity contribution in [3.8, 4) is 0 Å². The van der Waals surface area contributed by atoms with Gasteiger partial charge in [-0.15, -0.1) is 0 Å². The van der Waals surface area contributed by atoms with Crippen molar-refractivity contribution < 1.29 is 47.9 Å². The molecule has 10 nitrogen and oxygen atoms in total. The Morgan fingerprint density at radius 2 is 0.407 bits per heavy atom. The Hall–Kier alpha value is -0.400. The van der Waals surface area contributed by atoms with Crippen LogP contribution in [0.4, 0.5) is 0 Å². The van der Waals surface area contributed by atoms with Crippen LogP contribution in [0.15, 0.2) is 0 Å². The predicted octanol–water partition coefficient (Wildman–Crippen LogP) is 17.1. The molecule has 7 unspecified atom stereocenters. The Kier molecular flexibility index (Phi) is 51.5. The normalized spacial score (nSPS) is 20.5. The van der Waals surface area contributed by atoms with Gasteiger partial charge in [-0.1, -0.05) is 298 Å². The van der Waals surface area contributed by atoms with Gasteiger partial charge in [0, 0.05) is 0 Å². The number of quaternary nitrogens is 5. The number of nitrogens with zero attached hydrogens (tertiary/aromatic N) is 5. The van der Waals surface area contributed by atoms with Crippen LogP contribution in [0.25, 0.3) is 0 Å². The smallest absolute Gasteiger partial charge is 0.129 e. The highest BCUT2D eigenvalue weighted by Gasteiger charge is 2.42. The number of hydrogen-bond acceptors (Lipinski definition) is 5. The molecule has 1 fully saturated rings. The molecular weight excluding hydrogens is 1060 g/mol. The van der Waals surface area contributed by atoms with Gasteiger partial charge in [0.25, 0.3) is 0 Å². The van der Waals surface area contributed by atoms with Gasteiger partial charge in [0.15, 0.2) is 0 Å². The lowest BCUT2D eigenvalue weighted by Crippen LogP contribution is -2.68. The van der Waals surface area contributed by atoms with Gasteiger partial charge in [-0.3, -0.25) is 0 Å². The Morgan fingerprint density at radius 1 is 0.244 bits per heavy atom. The molecule has 7 atom stereocenters. The maximum absolute atomic E-state index is 11.9. The quantitative estimate of drug-likeness (QED) is 0.0309. The average Bonchev–Trinajstić information content (AvgIpc) is 3.13. The van der Waals surface area contributed by atoms with E-state index in [1.165, 1.54) is 231 Å². The summed E-state index contributed by atoms with van der Waals surface area (Å²) in [7, 11) is 12.1. The van der Waals surface area contributed by atoms with E-state index in [0.717, 1.165) is 167 Å². The fourth-order valence-corrected chi connectivity index (χ4v) is 14.6. The minimum Gasteiger partial charge on any atom is -0.387 e. The standard InChI is InChI=1S/C76H162N5O5/c1-11-16-21-26-31-36-41-46-51-54-74(84)69-80(9,68-73(83)53-48-43-38-33-28-23-18-13-3)65-62-78(7)59-57-77(6,58-60-78)61-63-79(8,67-72(82)52-47-42-37-32-27-22-17-12-2)64-66-81(10,70-75(85)55-49-44-39-34-29-24-19-14-4)71-76(86)56-50-45-40-35-30-25-20-15-5/h72-76,82-86H,11-71H2,1-10H3/q+5. The van der Waals surface area contributed by atoms with Crippen LogP contribution in [0.1, 0.15) is 330 Å². The highest BCUT2D eigenvalue weighted by molar-refractivity contribution is 4.66. The van der Waals surface area contributed by atoms with Gasteiger partial charge < -0.3 is 47.9 Å². The minimum absolute atomic E-state index is 0.330. The Balaban J connectivity index is 3.22. The van der Waals surface area contributed by atoms with Gasteiger partial charge in [-0.05, 0) is 32.1 Å². The second kappa shape index (κ2) is 53.0. The van der Waals surface area contributed by atoms with Crippen molar-refractivity contribution in [3.05, 3.63) is 0 Å². The summed E-state index contributed by atoms with van der Waals surface area (Å²) in [5.74, 6) is 0. The number of piperazine rings is 1. The van der Waals surface area contributed by atoms with Crippen molar-refractivity contribution in [2.45, 2.75) is 360 Å². The van der Waals surface area contributed by atoms with E-state index in [4.69, 9.17) is 0 Å². The van der Waals surface area contributed by atoms with E-state index in [-0.39, 0.29) is 30.5 Å². The predicted molar refractivity (Wildman–Crippen MR) is 375 cm³/mol. The number of aliphatic hydroxyl groups excluding tert-OH is 5. The summed E-state index contributed by atoms with van der Waals surface area (Å²) in [4.78, 5) is 0. The molecule has 516 valence electrons. The van der Waals surface area contributed by atoms with Crippen molar-refractivity contribution in [2.75, 3.05) is 133 Å². The third kappa shape index (κ3) is 46.6. The van der Waals surface area contributed by atoms with Gasteiger partial charge in [-0.2, -0.15) is 0 Å². The molecule has 1 aliphatic rings. The second-order valence-electron chi connectivity index (χ2n) is 31.2. The third-order valence-corrected chi connectivity index (χ3v) is 21.4. The zero-order chi connectivity index (χ0) is 63.5. The number of unbranched alkanes of at least 4 members (excludes halogenated alkanes) is 36. The maximum atomic E-state index is 11.9. The first kappa shape index (κ1) is 83.6. The number of likely N-dealkylation sites (N-methyl/N-ethyl adjacent to an activating group) is 5. The van der Waals surface area contributed by atoms with Crippen LogP contribution in [-0.2, 0) is 0 Å². The summed E-state index contributed by atoms with van der Waals surface area (Å²) in [6.07, 6.45) is 55.0. The summed E-state index contributed by atoms with van der Waals surface area (Å²) >= 11 is 0. The zero-order valence-corrected chi connectivity index (χ0v) is 60.5. The van der Waals surface area contributed by atoms with E-state index in [0.29, 0.717) is 17.6 Å². The Labute approximate surface area is 539 Å². The van der Waals surface area contributed by atoms with Gasteiger partial charge in [0.05, 0.1) is 35.2 Å². The van der Waals surface area contributed by atoms with Crippen molar-refractivity contribution >= 4 is 0 Å². The molecule has 0 bridgehead atoms. The van der Waals surface area contributed by atoms with E-state index in [1.54, 1.807) is 0 Å². The molecule has 1 rings (SSSR count). The van der Waals surface area contributed by atoms with Crippen LogP contribution in [0.2, 0.25) is 0 Å².